The number of aliphatic hydroxyl groups is 1. The maximum Gasteiger partial charge on any atom is 0.0921 e. The van der Waals surface area contributed by atoms with Gasteiger partial charge >= 0.3 is 0 Å². The van der Waals surface area contributed by atoms with E-state index in [4.69, 9.17) is 0 Å². The van der Waals surface area contributed by atoms with Crippen LogP contribution >= 0.6 is 0 Å². The second-order valence-electron chi connectivity index (χ2n) is 8.52. The SMILES string of the molecule is CN1CCC(O)(c2ccc3[nH]cc(C4=CCN5CCCC5C4)c3c2)CC1.[HH]. The molecule has 26 heavy (non-hydrogen) atoms. The highest BCUT2D eigenvalue weighted by molar-refractivity contribution is 5.93. The maximum absolute atomic E-state index is 11.2. The summed E-state index contributed by atoms with van der Waals surface area (Å²) < 4.78 is 0. The fraction of sp³-hybridized carbons (Fsp3) is 0.545. The Balaban J connectivity index is 0.00000180. The van der Waals surface area contributed by atoms with Gasteiger partial charge in [0, 0.05) is 49.8 Å². The Labute approximate surface area is 157 Å². The van der Waals surface area contributed by atoms with Crippen molar-refractivity contribution < 1.29 is 6.53 Å². The topological polar surface area (TPSA) is 42.5 Å². The van der Waals surface area contributed by atoms with Crippen molar-refractivity contribution in [2.45, 2.75) is 43.7 Å². The Hall–Kier alpha value is -1.62. The van der Waals surface area contributed by atoms with Crippen molar-refractivity contribution in [3.63, 3.8) is 0 Å². The van der Waals surface area contributed by atoms with Crippen LogP contribution in [0, 0.1) is 0 Å². The molecule has 2 fully saturated rings. The molecule has 2 N–H and O–H groups in total. The molecule has 0 amide bonds. The zero-order valence-electron chi connectivity index (χ0n) is 15.7. The quantitative estimate of drug-likeness (QED) is 0.867. The average Bonchev–Trinajstić information content (AvgIpc) is 3.29. The molecule has 1 aromatic carbocycles. The maximum atomic E-state index is 11.2. The van der Waals surface area contributed by atoms with Crippen LogP contribution in [0.5, 0.6) is 0 Å². The number of hydrogen-bond acceptors (Lipinski definition) is 3. The van der Waals surface area contributed by atoms with Gasteiger partial charge in [0.1, 0.15) is 0 Å². The van der Waals surface area contributed by atoms with Gasteiger partial charge in [-0.15, -0.1) is 0 Å². The fourth-order valence-corrected chi connectivity index (χ4v) is 5.10. The van der Waals surface area contributed by atoms with Crippen molar-refractivity contribution in [2.24, 2.45) is 0 Å². The first kappa shape index (κ1) is 16.5. The van der Waals surface area contributed by atoms with Gasteiger partial charge in [-0.1, -0.05) is 12.1 Å². The molecular formula is C22H31N3O. The van der Waals surface area contributed by atoms with Gasteiger partial charge in [0.25, 0.3) is 0 Å². The predicted molar refractivity (Wildman–Crippen MR) is 108 cm³/mol. The van der Waals surface area contributed by atoms with Crippen LogP contribution < -0.4 is 0 Å². The number of rotatable bonds is 2. The van der Waals surface area contributed by atoms with Crippen molar-refractivity contribution in [3.8, 4) is 0 Å². The van der Waals surface area contributed by atoms with Crippen LogP contribution in [0.1, 0.15) is 44.7 Å². The second-order valence-corrected chi connectivity index (χ2v) is 8.52. The summed E-state index contributed by atoms with van der Waals surface area (Å²) in [5.74, 6) is 0. The first-order valence-corrected chi connectivity index (χ1v) is 10.1. The van der Waals surface area contributed by atoms with E-state index >= 15 is 0 Å². The Bertz CT molecular complexity index is 850. The lowest BCUT2D eigenvalue weighted by Crippen LogP contribution is -2.40. The Morgan fingerprint density at radius 2 is 2.08 bits per heavy atom. The van der Waals surface area contributed by atoms with E-state index in [2.05, 4.69) is 52.3 Å². The number of nitrogens with one attached hydrogen (secondary N) is 1. The van der Waals surface area contributed by atoms with Crippen molar-refractivity contribution >= 4 is 16.5 Å². The van der Waals surface area contributed by atoms with Gasteiger partial charge in [0.2, 0.25) is 0 Å². The van der Waals surface area contributed by atoms with Gasteiger partial charge < -0.3 is 15.0 Å². The zero-order chi connectivity index (χ0) is 17.7. The molecule has 2 saturated heterocycles. The number of benzene rings is 1. The molecule has 140 valence electrons. The standard InChI is InChI=1S/C22H29N3O.H2/c1-24-11-7-22(26,8-12-24)17-4-5-21-19(14-17)20(15-23-21)16-6-10-25-9-2-3-18(25)13-16;/h4-6,14-15,18,23,26H,2-3,7-13H2,1H3;1H. The summed E-state index contributed by atoms with van der Waals surface area (Å²) in [6.07, 6.45) is 10.0. The van der Waals surface area contributed by atoms with Gasteiger partial charge in [0.15, 0.2) is 0 Å². The number of fused-ring (bicyclic) bond motifs is 2. The molecule has 1 aromatic heterocycles. The lowest BCUT2D eigenvalue weighted by atomic mass is 9.83. The van der Waals surface area contributed by atoms with Gasteiger partial charge in [-0.3, -0.25) is 4.90 Å². The van der Waals surface area contributed by atoms with Crippen LogP contribution in [0.25, 0.3) is 16.5 Å². The number of hydrogen-bond donors (Lipinski definition) is 2. The summed E-state index contributed by atoms with van der Waals surface area (Å²) in [6.45, 7) is 4.25. The summed E-state index contributed by atoms with van der Waals surface area (Å²) >= 11 is 0. The Kier molecular flexibility index (Phi) is 3.96. The Morgan fingerprint density at radius 1 is 1.23 bits per heavy atom. The second kappa shape index (κ2) is 6.22. The smallest absolute Gasteiger partial charge is 0.0921 e. The van der Waals surface area contributed by atoms with Gasteiger partial charge in [-0.2, -0.15) is 0 Å². The summed E-state index contributed by atoms with van der Waals surface area (Å²) in [5.41, 5.74) is 4.39. The van der Waals surface area contributed by atoms with E-state index in [0.717, 1.165) is 50.5 Å². The number of H-pyrrole nitrogens is 1. The molecule has 2 aromatic rings. The summed E-state index contributed by atoms with van der Waals surface area (Å²) in [6, 6.07) is 7.23. The van der Waals surface area contributed by atoms with Crippen molar-refractivity contribution in [1.29, 1.82) is 0 Å². The largest absolute Gasteiger partial charge is 0.385 e. The minimum Gasteiger partial charge on any atom is -0.385 e. The van der Waals surface area contributed by atoms with Crippen LogP contribution in [-0.4, -0.2) is 59.2 Å². The third-order valence-corrected chi connectivity index (χ3v) is 6.91. The molecule has 0 bridgehead atoms. The van der Waals surface area contributed by atoms with Gasteiger partial charge in [-0.05, 0) is 69.0 Å². The third kappa shape index (κ3) is 2.72. The highest BCUT2D eigenvalue weighted by atomic mass is 16.3. The molecule has 0 radical (unpaired) electrons. The molecule has 4 nitrogen and oxygen atoms in total. The highest BCUT2D eigenvalue weighted by Gasteiger charge is 2.33. The monoisotopic (exact) mass is 353 g/mol. The average molecular weight is 354 g/mol. The third-order valence-electron chi connectivity index (χ3n) is 6.91. The highest BCUT2D eigenvalue weighted by Crippen LogP contribution is 2.38. The number of aromatic amines is 1. The molecule has 1 atom stereocenters. The van der Waals surface area contributed by atoms with Crippen molar-refractivity contribution in [3.05, 3.63) is 41.6 Å². The van der Waals surface area contributed by atoms with E-state index in [-0.39, 0.29) is 1.43 Å². The molecule has 3 aliphatic heterocycles. The van der Waals surface area contributed by atoms with E-state index in [1.807, 2.05) is 0 Å². The lowest BCUT2D eigenvalue weighted by molar-refractivity contribution is -0.0202. The first-order valence-electron chi connectivity index (χ1n) is 10.1. The molecule has 0 aliphatic carbocycles. The van der Waals surface area contributed by atoms with Crippen LogP contribution in [0.3, 0.4) is 0 Å². The van der Waals surface area contributed by atoms with Crippen molar-refractivity contribution in [1.82, 2.24) is 14.8 Å². The van der Waals surface area contributed by atoms with E-state index in [9.17, 15) is 5.11 Å². The van der Waals surface area contributed by atoms with E-state index in [1.54, 1.807) is 0 Å². The zero-order valence-corrected chi connectivity index (χ0v) is 15.7. The van der Waals surface area contributed by atoms with Gasteiger partial charge in [-0.25, -0.2) is 0 Å². The van der Waals surface area contributed by atoms with Crippen LogP contribution in [0.15, 0.2) is 30.5 Å². The number of nitrogens with zero attached hydrogens (tertiary/aromatic N) is 2. The first-order chi connectivity index (χ1) is 12.6. The predicted octanol–water partition coefficient (Wildman–Crippen LogP) is 3.58. The summed E-state index contributed by atoms with van der Waals surface area (Å²) in [7, 11) is 2.13. The molecule has 3 aliphatic rings. The lowest BCUT2D eigenvalue weighted by Gasteiger charge is -2.37. The molecule has 0 spiro atoms. The van der Waals surface area contributed by atoms with E-state index < -0.39 is 5.60 Å². The van der Waals surface area contributed by atoms with Crippen molar-refractivity contribution in [2.75, 3.05) is 33.2 Å². The van der Waals surface area contributed by atoms with Crippen LogP contribution in [0.2, 0.25) is 0 Å². The van der Waals surface area contributed by atoms with Gasteiger partial charge in [0.05, 0.1) is 5.60 Å². The molecule has 4 heteroatoms. The molecule has 5 rings (SSSR count). The minimum absolute atomic E-state index is 0. The number of piperidine rings is 1. The minimum atomic E-state index is -0.682. The van der Waals surface area contributed by atoms with Crippen LogP contribution in [0.4, 0.5) is 0 Å². The molecule has 4 heterocycles. The Morgan fingerprint density at radius 3 is 2.92 bits per heavy atom. The molecular weight excluding hydrogens is 322 g/mol. The van der Waals surface area contributed by atoms with Crippen LogP contribution in [-0.2, 0) is 5.60 Å². The summed E-state index contributed by atoms with van der Waals surface area (Å²) in [4.78, 5) is 8.37. The number of likely N-dealkylation sites (tertiary alicyclic amines) is 1. The normalized spacial score (nSPS) is 26.8. The number of aromatic nitrogens is 1. The molecule has 1 unspecified atom stereocenters. The molecule has 0 saturated carbocycles. The van der Waals surface area contributed by atoms with E-state index in [1.165, 1.54) is 41.4 Å². The summed E-state index contributed by atoms with van der Waals surface area (Å²) in [5, 5.41) is 12.5. The fourth-order valence-electron chi connectivity index (χ4n) is 5.10. The van der Waals surface area contributed by atoms with E-state index in [0.29, 0.717) is 0 Å².